The monoisotopic (exact) mass is 894 g/mol. The van der Waals surface area contributed by atoms with Crippen LogP contribution in [0.5, 0.6) is 0 Å². The summed E-state index contributed by atoms with van der Waals surface area (Å²) in [5.74, 6) is -2.63. The molecule has 6 heterocycles. The number of rotatable bonds is 10. The van der Waals surface area contributed by atoms with Gasteiger partial charge in [-0.3, -0.25) is 34.0 Å². The molecule has 342 valence electrons. The number of esters is 1. The molecule has 2 N–H and O–H groups in total. The molecular formula is C48H62N8O7S. The maximum absolute atomic E-state index is 14.6. The molecule has 1 unspecified atom stereocenters. The van der Waals surface area contributed by atoms with Gasteiger partial charge in [-0.1, -0.05) is 40.3 Å². The molecule has 5 atom stereocenters. The Bertz CT molecular complexity index is 2420. The Morgan fingerprint density at radius 3 is 2.66 bits per heavy atom. The molecule has 0 saturated carbocycles. The molecule has 0 spiro atoms. The van der Waals surface area contributed by atoms with Gasteiger partial charge >= 0.3 is 5.97 Å². The molecule has 7 rings (SSSR count). The first kappa shape index (κ1) is 46.5. The molecule has 16 heteroatoms. The number of thiazole rings is 1. The van der Waals surface area contributed by atoms with Crippen molar-refractivity contribution >= 4 is 51.8 Å². The SMILES string of the molecule is C=CC(=O)N1CC[C@H](C(=O)N(C)[C@H](C(=O)N[C@H]2Cc3nc(cs3)-c3ccc4c(c3)c(c(-c3cccnc3[C@H](C)OC)n4CC)CC(C)(C)COC(=O)C3CCCN(N3)C2=O)C(C)C)C1. The van der Waals surface area contributed by atoms with Crippen molar-refractivity contribution in [3.8, 4) is 22.5 Å². The van der Waals surface area contributed by atoms with Crippen LogP contribution in [0.2, 0.25) is 0 Å². The number of carbonyl (C=O) groups excluding carboxylic acids is 5. The minimum atomic E-state index is -1.08. The van der Waals surface area contributed by atoms with E-state index < -0.39 is 47.2 Å². The van der Waals surface area contributed by atoms with E-state index in [1.807, 2.05) is 32.2 Å². The number of hydrogen-bond donors (Lipinski definition) is 2. The molecule has 0 radical (unpaired) electrons. The molecule has 2 saturated heterocycles. The number of cyclic esters (lactones) is 1. The highest BCUT2D eigenvalue weighted by Gasteiger charge is 2.40. The first-order valence-electron chi connectivity index (χ1n) is 22.4. The van der Waals surface area contributed by atoms with Crippen molar-refractivity contribution in [1.29, 1.82) is 0 Å². The van der Waals surface area contributed by atoms with Crippen molar-refractivity contribution in [1.82, 2.24) is 40.1 Å². The minimum Gasteiger partial charge on any atom is -0.464 e. The molecule has 3 aromatic heterocycles. The second-order valence-corrected chi connectivity index (χ2v) is 19.3. The summed E-state index contributed by atoms with van der Waals surface area (Å²) in [7, 11) is 3.28. The van der Waals surface area contributed by atoms with Crippen LogP contribution < -0.4 is 10.7 Å². The predicted molar refractivity (Wildman–Crippen MR) is 246 cm³/mol. The lowest BCUT2D eigenvalue weighted by atomic mass is 9.84. The number of nitrogens with one attached hydrogen (secondary N) is 2. The number of amides is 4. The number of ether oxygens (including phenoxy) is 2. The Hall–Kier alpha value is -5.45. The summed E-state index contributed by atoms with van der Waals surface area (Å²) in [4.78, 5) is 81.9. The summed E-state index contributed by atoms with van der Waals surface area (Å²) >= 11 is 1.40. The number of aryl methyl sites for hydroxylation is 1. The molecule has 2 fully saturated rings. The standard InChI is InChI=1S/C48H62N8O7S/c1-10-40(57)54-21-18-31(25-54)45(59)53(8)42(28(3)4)44(58)51-36-23-39-50-37(26-64-39)30-16-17-38-33(22-30)34(43(55(38)11-2)32-14-12-19-49-41(32)29(5)62-9)24-48(6,7)27-63-47(61)35-15-13-20-56(52-35)46(36)60/h10,12,14,16-17,19,22,26,28-29,31,35-36,42,52H,1,11,13,15,18,20-21,23-25,27H2,2-9H3,(H,51,58)/t29-,31-,35?,36-,42-/m0/s1. The smallest absolute Gasteiger partial charge is 0.324 e. The van der Waals surface area contributed by atoms with Gasteiger partial charge in [0, 0.05) is 85.8 Å². The molecule has 15 nitrogen and oxygen atoms in total. The van der Waals surface area contributed by atoms with E-state index in [2.05, 4.69) is 66.9 Å². The fourth-order valence-electron chi connectivity index (χ4n) is 9.46. The summed E-state index contributed by atoms with van der Waals surface area (Å²) < 4.78 is 14.2. The van der Waals surface area contributed by atoms with Gasteiger partial charge in [-0.05, 0) is 81.4 Å². The molecule has 0 aliphatic carbocycles. The fourth-order valence-corrected chi connectivity index (χ4v) is 10.3. The highest BCUT2D eigenvalue weighted by atomic mass is 32.1. The van der Waals surface area contributed by atoms with Gasteiger partial charge in [-0.2, -0.15) is 0 Å². The van der Waals surface area contributed by atoms with Crippen molar-refractivity contribution in [3.63, 3.8) is 0 Å². The number of likely N-dealkylation sites (N-methyl/N-ethyl adjacent to an activating group) is 1. The minimum absolute atomic E-state index is 0.0752. The third-order valence-corrected chi connectivity index (χ3v) is 13.7. The van der Waals surface area contributed by atoms with E-state index in [4.69, 9.17) is 19.4 Å². The van der Waals surface area contributed by atoms with Crippen LogP contribution >= 0.6 is 11.3 Å². The van der Waals surface area contributed by atoms with Crippen LogP contribution in [-0.2, 0) is 52.8 Å². The van der Waals surface area contributed by atoms with E-state index in [1.165, 1.54) is 27.3 Å². The van der Waals surface area contributed by atoms with Crippen LogP contribution in [0.25, 0.3) is 33.4 Å². The highest BCUT2D eigenvalue weighted by molar-refractivity contribution is 7.10. The van der Waals surface area contributed by atoms with Gasteiger partial charge in [-0.15, -0.1) is 11.3 Å². The maximum Gasteiger partial charge on any atom is 0.324 e. The zero-order valence-electron chi connectivity index (χ0n) is 38.3. The predicted octanol–water partition coefficient (Wildman–Crippen LogP) is 5.72. The van der Waals surface area contributed by atoms with Gasteiger partial charge in [-0.25, -0.2) is 10.4 Å². The first-order chi connectivity index (χ1) is 30.5. The molecule has 3 aliphatic heterocycles. The molecule has 4 amide bonds. The van der Waals surface area contributed by atoms with E-state index >= 15 is 0 Å². The van der Waals surface area contributed by atoms with Crippen molar-refractivity contribution < 1.29 is 33.4 Å². The zero-order valence-corrected chi connectivity index (χ0v) is 39.1. The van der Waals surface area contributed by atoms with Crippen LogP contribution in [0, 0.1) is 17.3 Å². The molecule has 64 heavy (non-hydrogen) atoms. The number of hydrogen-bond acceptors (Lipinski definition) is 11. The number of benzene rings is 1. The Kier molecular flexibility index (Phi) is 14.1. The summed E-state index contributed by atoms with van der Waals surface area (Å²) in [5.41, 5.74) is 9.25. The largest absolute Gasteiger partial charge is 0.464 e. The summed E-state index contributed by atoms with van der Waals surface area (Å²) in [6, 6.07) is 7.62. The number of likely N-dealkylation sites (tertiary alicyclic amines) is 1. The van der Waals surface area contributed by atoms with Crippen molar-refractivity contribution in [2.45, 2.75) is 104 Å². The second kappa shape index (κ2) is 19.3. The van der Waals surface area contributed by atoms with Gasteiger partial charge in [0.05, 0.1) is 40.7 Å². The van der Waals surface area contributed by atoms with Gasteiger partial charge in [0.15, 0.2) is 0 Å². The Morgan fingerprint density at radius 1 is 1.16 bits per heavy atom. The summed E-state index contributed by atoms with van der Waals surface area (Å²) in [6.45, 7) is 17.4. The van der Waals surface area contributed by atoms with Gasteiger partial charge in [0.25, 0.3) is 5.91 Å². The van der Waals surface area contributed by atoms with Gasteiger partial charge in [0.2, 0.25) is 17.7 Å². The first-order valence-corrected chi connectivity index (χ1v) is 23.2. The van der Waals surface area contributed by atoms with Gasteiger partial charge in [0.1, 0.15) is 18.1 Å². The average molecular weight is 895 g/mol. The number of hydrazine groups is 1. The zero-order chi connectivity index (χ0) is 46.0. The molecule has 1 aromatic carbocycles. The Morgan fingerprint density at radius 2 is 1.94 bits per heavy atom. The van der Waals surface area contributed by atoms with E-state index in [0.717, 1.165) is 44.7 Å². The molecule has 4 aromatic rings. The molecular weight excluding hydrogens is 833 g/mol. The van der Waals surface area contributed by atoms with Crippen LogP contribution in [-0.4, -0.2) is 117 Å². The number of fused-ring (bicyclic) bond motifs is 6. The van der Waals surface area contributed by atoms with Crippen LogP contribution in [0.4, 0.5) is 0 Å². The average Bonchev–Trinajstić information content (AvgIpc) is 4.05. The quantitative estimate of drug-likeness (QED) is 0.149. The maximum atomic E-state index is 14.6. The van der Waals surface area contributed by atoms with Crippen molar-refractivity contribution in [3.05, 3.63) is 70.8 Å². The van der Waals surface area contributed by atoms with E-state index in [1.54, 1.807) is 25.3 Å². The topological polar surface area (TPSA) is 168 Å². The van der Waals surface area contributed by atoms with E-state index in [9.17, 15) is 24.0 Å². The normalized spacial score (nSPS) is 21.3. The highest BCUT2D eigenvalue weighted by Crippen LogP contribution is 2.42. The second-order valence-electron chi connectivity index (χ2n) is 18.4. The van der Waals surface area contributed by atoms with Gasteiger partial charge < -0.3 is 29.2 Å². The van der Waals surface area contributed by atoms with E-state index in [0.29, 0.717) is 50.3 Å². The van der Waals surface area contributed by atoms with Crippen LogP contribution in [0.15, 0.2) is 54.6 Å². The van der Waals surface area contributed by atoms with Crippen LogP contribution in [0.3, 0.4) is 0 Å². The van der Waals surface area contributed by atoms with Crippen molar-refractivity contribution in [2.24, 2.45) is 17.3 Å². The van der Waals surface area contributed by atoms with Crippen LogP contribution in [0.1, 0.15) is 83.2 Å². The Labute approximate surface area is 379 Å². The summed E-state index contributed by atoms with van der Waals surface area (Å²) in [6.07, 6.45) is 4.90. The van der Waals surface area contributed by atoms with E-state index in [-0.39, 0.29) is 43.4 Å². The third-order valence-electron chi connectivity index (χ3n) is 12.8. The lowest BCUT2D eigenvalue weighted by molar-refractivity contribution is -0.155. The lowest BCUT2D eigenvalue weighted by Crippen LogP contribution is -2.62. The number of methoxy groups -OCH3 is 1. The van der Waals surface area contributed by atoms with Crippen molar-refractivity contribution in [2.75, 3.05) is 40.4 Å². The lowest BCUT2D eigenvalue weighted by Gasteiger charge is -2.36. The molecule has 6 bridgehead atoms. The third kappa shape index (κ3) is 9.50. The fraction of sp³-hybridized carbons (Fsp3) is 0.521. The summed E-state index contributed by atoms with van der Waals surface area (Å²) in [5, 5.41) is 8.08. The number of pyridine rings is 1. The molecule has 3 aliphatic rings. The number of carbonyl (C=O) groups is 5. The number of nitrogens with zero attached hydrogens (tertiary/aromatic N) is 6. The number of aromatic nitrogens is 3. The Balaban J connectivity index is 1.27.